The maximum Gasteiger partial charge on any atom is 0.266 e. The second-order valence-electron chi connectivity index (χ2n) is 4.74. The molecule has 0 saturated carbocycles. The lowest BCUT2D eigenvalue weighted by molar-refractivity contribution is 0.0774. The van der Waals surface area contributed by atoms with Crippen LogP contribution in [0.2, 0.25) is 5.02 Å². The van der Waals surface area contributed by atoms with E-state index in [4.69, 9.17) is 17.3 Å². The molecule has 0 aliphatic carbocycles. The lowest BCUT2D eigenvalue weighted by Crippen LogP contribution is -2.32. The van der Waals surface area contributed by atoms with E-state index in [-0.39, 0.29) is 5.91 Å². The van der Waals surface area contributed by atoms with Crippen molar-refractivity contribution in [2.75, 3.05) is 30.3 Å². The van der Waals surface area contributed by atoms with Crippen LogP contribution in [0.25, 0.3) is 10.1 Å². The topological polar surface area (TPSA) is 46.3 Å². The van der Waals surface area contributed by atoms with Gasteiger partial charge in [0.15, 0.2) is 0 Å². The van der Waals surface area contributed by atoms with Gasteiger partial charge in [-0.15, -0.1) is 11.3 Å². The molecule has 6 heteroatoms. The predicted octanol–water partition coefficient (Wildman–Crippen LogP) is 3.72. The summed E-state index contributed by atoms with van der Waals surface area (Å²) in [7, 11) is 0. The Morgan fingerprint density at radius 2 is 2.15 bits per heavy atom. The molecule has 1 aromatic heterocycles. The molecule has 1 aliphatic rings. The maximum atomic E-state index is 12.6. The molecule has 106 valence electrons. The SMILES string of the molecule is Nc1c(C(=O)N2CCCSCC2)sc2cc(Cl)ccc12. The summed E-state index contributed by atoms with van der Waals surface area (Å²) in [4.78, 5) is 15.2. The number of halogens is 1. The fraction of sp³-hybridized carbons (Fsp3) is 0.357. The Bertz CT molecular complexity index is 648. The van der Waals surface area contributed by atoms with E-state index in [0.29, 0.717) is 15.6 Å². The number of fused-ring (bicyclic) bond motifs is 1. The van der Waals surface area contributed by atoms with Crippen molar-refractivity contribution in [2.45, 2.75) is 6.42 Å². The van der Waals surface area contributed by atoms with Crippen LogP contribution in [0.3, 0.4) is 0 Å². The van der Waals surface area contributed by atoms with Crippen molar-refractivity contribution >= 4 is 56.4 Å². The Morgan fingerprint density at radius 3 is 3.00 bits per heavy atom. The van der Waals surface area contributed by atoms with Gasteiger partial charge in [0.25, 0.3) is 5.91 Å². The maximum absolute atomic E-state index is 12.6. The Morgan fingerprint density at radius 1 is 1.30 bits per heavy atom. The van der Waals surface area contributed by atoms with Crippen LogP contribution in [0.1, 0.15) is 16.1 Å². The first-order chi connectivity index (χ1) is 9.66. The fourth-order valence-electron chi connectivity index (χ4n) is 2.34. The van der Waals surface area contributed by atoms with Crippen molar-refractivity contribution in [3.05, 3.63) is 28.1 Å². The highest BCUT2D eigenvalue weighted by molar-refractivity contribution is 7.99. The molecule has 0 radical (unpaired) electrons. The number of rotatable bonds is 1. The molecule has 0 atom stereocenters. The number of benzene rings is 1. The van der Waals surface area contributed by atoms with Gasteiger partial charge in [0.1, 0.15) is 4.88 Å². The van der Waals surface area contributed by atoms with Crippen LogP contribution in [-0.4, -0.2) is 35.4 Å². The van der Waals surface area contributed by atoms with Crippen molar-refractivity contribution in [1.29, 1.82) is 0 Å². The molecule has 1 aliphatic heterocycles. The van der Waals surface area contributed by atoms with Crippen LogP contribution >= 0.6 is 34.7 Å². The number of nitrogens with two attached hydrogens (primary N) is 1. The first kappa shape index (κ1) is 14.0. The van der Waals surface area contributed by atoms with Gasteiger partial charge in [0, 0.05) is 34.0 Å². The summed E-state index contributed by atoms with van der Waals surface area (Å²) in [5.74, 6) is 2.19. The molecule has 1 aromatic carbocycles. The third-order valence-electron chi connectivity index (χ3n) is 3.39. The molecule has 3 nitrogen and oxygen atoms in total. The summed E-state index contributed by atoms with van der Waals surface area (Å²) < 4.78 is 0.975. The zero-order valence-electron chi connectivity index (χ0n) is 10.9. The van der Waals surface area contributed by atoms with Crippen LogP contribution in [-0.2, 0) is 0 Å². The van der Waals surface area contributed by atoms with E-state index in [9.17, 15) is 4.79 Å². The van der Waals surface area contributed by atoms with Crippen molar-refractivity contribution in [2.24, 2.45) is 0 Å². The number of carbonyl (C=O) groups is 1. The summed E-state index contributed by atoms with van der Waals surface area (Å²) in [6.07, 6.45) is 1.05. The zero-order valence-corrected chi connectivity index (χ0v) is 13.3. The van der Waals surface area contributed by atoms with Gasteiger partial charge in [-0.2, -0.15) is 11.8 Å². The predicted molar refractivity (Wildman–Crippen MR) is 89.1 cm³/mol. The van der Waals surface area contributed by atoms with Crippen molar-refractivity contribution in [3.8, 4) is 0 Å². The summed E-state index contributed by atoms with van der Waals surface area (Å²) in [5.41, 5.74) is 6.74. The van der Waals surface area contributed by atoms with Crippen molar-refractivity contribution < 1.29 is 4.79 Å². The highest BCUT2D eigenvalue weighted by atomic mass is 35.5. The van der Waals surface area contributed by atoms with Crippen LogP contribution in [0.4, 0.5) is 5.69 Å². The van der Waals surface area contributed by atoms with E-state index in [1.807, 2.05) is 34.9 Å². The second kappa shape index (κ2) is 5.84. The highest BCUT2D eigenvalue weighted by Crippen LogP contribution is 2.36. The van der Waals surface area contributed by atoms with Gasteiger partial charge in [-0.25, -0.2) is 0 Å². The Hall–Kier alpha value is -0.910. The molecule has 2 heterocycles. The smallest absolute Gasteiger partial charge is 0.266 e. The van der Waals surface area contributed by atoms with E-state index in [2.05, 4.69) is 0 Å². The van der Waals surface area contributed by atoms with Gasteiger partial charge >= 0.3 is 0 Å². The first-order valence-corrected chi connectivity index (χ1v) is 8.86. The summed E-state index contributed by atoms with van der Waals surface area (Å²) in [5, 5.41) is 1.59. The van der Waals surface area contributed by atoms with E-state index >= 15 is 0 Å². The molecule has 0 unspecified atom stereocenters. The number of nitrogens with zero attached hydrogens (tertiary/aromatic N) is 1. The largest absolute Gasteiger partial charge is 0.397 e. The molecular weight excluding hydrogens is 312 g/mol. The molecule has 2 aromatic rings. The number of amides is 1. The van der Waals surface area contributed by atoms with Gasteiger partial charge in [0.05, 0.1) is 5.69 Å². The van der Waals surface area contributed by atoms with Crippen LogP contribution < -0.4 is 5.73 Å². The van der Waals surface area contributed by atoms with Crippen LogP contribution in [0, 0.1) is 0 Å². The van der Waals surface area contributed by atoms with Gasteiger partial charge in [0.2, 0.25) is 0 Å². The Balaban J connectivity index is 1.96. The molecule has 1 fully saturated rings. The second-order valence-corrected chi connectivity index (χ2v) is 7.46. The average Bonchev–Trinajstić information content (AvgIpc) is 2.65. The molecular formula is C14H15ClN2OS2. The lowest BCUT2D eigenvalue weighted by Gasteiger charge is -2.19. The van der Waals surface area contributed by atoms with Gasteiger partial charge < -0.3 is 10.6 Å². The van der Waals surface area contributed by atoms with Crippen molar-refractivity contribution in [1.82, 2.24) is 4.90 Å². The molecule has 1 amide bonds. The van der Waals surface area contributed by atoms with Gasteiger partial charge in [-0.1, -0.05) is 11.6 Å². The minimum absolute atomic E-state index is 0.0577. The Labute approximate surface area is 131 Å². The molecule has 2 N–H and O–H groups in total. The summed E-state index contributed by atoms with van der Waals surface area (Å²) >= 11 is 9.34. The quantitative estimate of drug-likeness (QED) is 0.868. The van der Waals surface area contributed by atoms with Crippen molar-refractivity contribution in [3.63, 3.8) is 0 Å². The number of hydrogen-bond acceptors (Lipinski definition) is 4. The van der Waals surface area contributed by atoms with E-state index < -0.39 is 0 Å². The third kappa shape index (κ3) is 2.62. The van der Waals surface area contributed by atoms with E-state index in [0.717, 1.165) is 41.1 Å². The van der Waals surface area contributed by atoms with E-state index in [1.54, 1.807) is 0 Å². The minimum Gasteiger partial charge on any atom is -0.397 e. The highest BCUT2D eigenvalue weighted by Gasteiger charge is 2.22. The standard InChI is InChI=1S/C14H15ClN2OS2/c15-9-2-3-10-11(8-9)20-13(12(10)16)14(18)17-4-1-6-19-7-5-17/h2-3,8H,1,4-7,16H2. The van der Waals surface area contributed by atoms with E-state index in [1.165, 1.54) is 11.3 Å². The fourth-order valence-corrected chi connectivity index (χ4v) is 4.60. The summed E-state index contributed by atoms with van der Waals surface area (Å²) in [6, 6.07) is 5.56. The number of thiophene rings is 1. The molecule has 20 heavy (non-hydrogen) atoms. The van der Waals surface area contributed by atoms with Gasteiger partial charge in [-0.3, -0.25) is 4.79 Å². The first-order valence-electron chi connectivity index (χ1n) is 6.51. The zero-order chi connectivity index (χ0) is 14.1. The van der Waals surface area contributed by atoms with Gasteiger partial charge in [-0.05, 0) is 30.4 Å². The average molecular weight is 327 g/mol. The normalized spacial score (nSPS) is 16.4. The minimum atomic E-state index is 0.0577. The van der Waals surface area contributed by atoms with Crippen LogP contribution in [0.15, 0.2) is 18.2 Å². The number of carbonyl (C=O) groups excluding carboxylic acids is 1. The number of nitrogen functional groups attached to an aromatic ring is 1. The Kier molecular flexibility index (Phi) is 4.10. The number of anilines is 1. The molecule has 3 rings (SSSR count). The lowest BCUT2D eigenvalue weighted by atomic mass is 10.2. The monoisotopic (exact) mass is 326 g/mol. The number of hydrogen-bond donors (Lipinski definition) is 1. The third-order valence-corrected chi connectivity index (χ3v) is 5.83. The summed E-state index contributed by atoms with van der Waals surface area (Å²) in [6.45, 7) is 1.62. The van der Waals surface area contributed by atoms with Crippen LogP contribution in [0.5, 0.6) is 0 Å². The number of thioether (sulfide) groups is 1. The molecule has 0 spiro atoms. The molecule has 0 bridgehead atoms. The molecule has 1 saturated heterocycles.